The lowest BCUT2D eigenvalue weighted by Crippen LogP contribution is -2.21. The first-order chi connectivity index (χ1) is 7.67. The van der Waals surface area contributed by atoms with Crippen LogP contribution in [-0.4, -0.2) is 35.0 Å². The molecule has 1 rings (SSSR count). The normalized spacial score (nSPS) is 9.94. The van der Waals surface area contributed by atoms with Gasteiger partial charge >= 0.3 is 12.5 Å². The van der Waals surface area contributed by atoms with E-state index in [4.69, 9.17) is 11.6 Å². The first-order valence-corrected chi connectivity index (χ1v) is 5.28. The monoisotopic (exact) mass is 244 g/mol. The van der Waals surface area contributed by atoms with Crippen LogP contribution >= 0.6 is 11.6 Å². The number of hydrogen-bond acceptors (Lipinski definition) is 6. The molecule has 88 valence electrons. The topological polar surface area (TPSA) is 68.2 Å². The van der Waals surface area contributed by atoms with Gasteiger partial charge in [-0.1, -0.05) is 13.3 Å². The molecule has 0 saturated heterocycles. The molecular weight excluding hydrogens is 232 g/mol. The van der Waals surface area contributed by atoms with Crippen molar-refractivity contribution in [2.45, 2.75) is 19.8 Å². The zero-order chi connectivity index (χ0) is 12.0. The fourth-order valence-corrected chi connectivity index (χ4v) is 1.23. The highest BCUT2D eigenvalue weighted by atomic mass is 35.5. The van der Waals surface area contributed by atoms with Crippen molar-refractivity contribution in [2.24, 2.45) is 0 Å². The molecule has 0 bridgehead atoms. The van der Waals surface area contributed by atoms with Crippen LogP contribution in [0.2, 0.25) is 5.28 Å². The minimum atomic E-state index is -0.0895. The number of hydrogen-bond donors (Lipinski definition) is 0. The molecule has 6 nitrogen and oxygen atoms in total. The molecule has 0 aliphatic carbocycles. The summed E-state index contributed by atoms with van der Waals surface area (Å²) in [5, 5.41) is 0.00481. The third kappa shape index (κ3) is 3.62. The van der Waals surface area contributed by atoms with Gasteiger partial charge in [-0.05, 0) is 18.0 Å². The van der Waals surface area contributed by atoms with Gasteiger partial charge in [-0.2, -0.15) is 15.0 Å². The highest BCUT2D eigenvalue weighted by molar-refractivity contribution is 6.28. The van der Waals surface area contributed by atoms with Crippen LogP contribution in [0.3, 0.4) is 0 Å². The number of carbonyl (C=O) groups excluding carboxylic acids is 1. The molecule has 0 saturated carbocycles. The van der Waals surface area contributed by atoms with Crippen molar-refractivity contribution in [2.75, 3.05) is 18.5 Å². The minimum Gasteiger partial charge on any atom is -0.393 e. The molecule has 16 heavy (non-hydrogen) atoms. The summed E-state index contributed by atoms with van der Waals surface area (Å²) in [7, 11) is 1.84. The van der Waals surface area contributed by atoms with Gasteiger partial charge in [0.1, 0.15) is 0 Å². The SMILES string of the molecule is CCCCN(C)c1nc(Cl)nc(OC=O)n1. The van der Waals surface area contributed by atoms with Crippen LogP contribution in [0, 0.1) is 0 Å². The van der Waals surface area contributed by atoms with E-state index >= 15 is 0 Å². The number of unbranched alkanes of at least 4 members (excludes halogenated alkanes) is 1. The second kappa shape index (κ2) is 6.22. The second-order valence-electron chi connectivity index (χ2n) is 3.18. The van der Waals surface area contributed by atoms with E-state index in [0.29, 0.717) is 5.95 Å². The lowest BCUT2D eigenvalue weighted by Gasteiger charge is -2.16. The van der Waals surface area contributed by atoms with Crippen LogP contribution in [0.4, 0.5) is 5.95 Å². The maximum absolute atomic E-state index is 10.2. The van der Waals surface area contributed by atoms with Gasteiger partial charge < -0.3 is 9.64 Å². The summed E-state index contributed by atoms with van der Waals surface area (Å²) in [6.07, 6.45) is 2.09. The summed E-state index contributed by atoms with van der Waals surface area (Å²) < 4.78 is 4.53. The van der Waals surface area contributed by atoms with E-state index in [1.54, 1.807) is 0 Å². The molecule has 7 heteroatoms. The Morgan fingerprint density at radius 1 is 1.44 bits per heavy atom. The van der Waals surface area contributed by atoms with Gasteiger partial charge in [-0.3, -0.25) is 4.79 Å². The Balaban J connectivity index is 2.81. The number of anilines is 1. The number of halogens is 1. The predicted octanol–water partition coefficient (Wildman–Crippen LogP) is 1.30. The summed E-state index contributed by atoms with van der Waals surface area (Å²) in [6.45, 7) is 3.15. The van der Waals surface area contributed by atoms with Gasteiger partial charge in [0.25, 0.3) is 0 Å². The number of rotatable bonds is 6. The molecule has 0 aromatic carbocycles. The van der Waals surface area contributed by atoms with Crippen LogP contribution in [0.25, 0.3) is 0 Å². The third-order valence-corrected chi connectivity index (χ3v) is 2.09. The van der Waals surface area contributed by atoms with Crippen molar-refractivity contribution in [1.29, 1.82) is 0 Å². The second-order valence-corrected chi connectivity index (χ2v) is 3.51. The Labute approximate surface area is 98.6 Å². The molecule has 0 amide bonds. The lowest BCUT2D eigenvalue weighted by atomic mass is 10.3. The van der Waals surface area contributed by atoms with E-state index in [2.05, 4.69) is 26.6 Å². The standard InChI is InChI=1S/C9H13ClN4O2/c1-3-4-5-14(2)8-11-7(10)12-9(13-8)16-6-15/h6H,3-5H2,1-2H3. The maximum Gasteiger partial charge on any atom is 0.330 e. The Hall–Kier alpha value is -1.43. The van der Waals surface area contributed by atoms with Crippen LogP contribution in [-0.2, 0) is 4.79 Å². The lowest BCUT2D eigenvalue weighted by molar-refractivity contribution is -0.121. The Kier molecular flexibility index (Phi) is 4.91. The molecule has 0 N–H and O–H groups in total. The van der Waals surface area contributed by atoms with Crippen LogP contribution in [0.15, 0.2) is 0 Å². The summed E-state index contributed by atoms with van der Waals surface area (Å²) in [4.78, 5) is 23.5. The van der Waals surface area contributed by atoms with Crippen molar-refractivity contribution in [3.8, 4) is 6.01 Å². The minimum absolute atomic E-state index is 0.00481. The van der Waals surface area contributed by atoms with E-state index < -0.39 is 0 Å². The predicted molar refractivity (Wildman–Crippen MR) is 59.7 cm³/mol. The first-order valence-electron chi connectivity index (χ1n) is 4.90. The van der Waals surface area contributed by atoms with E-state index in [1.807, 2.05) is 11.9 Å². The molecule has 0 aliphatic heterocycles. The molecule has 1 aromatic heterocycles. The Morgan fingerprint density at radius 2 is 2.19 bits per heavy atom. The van der Waals surface area contributed by atoms with Gasteiger partial charge in [-0.25, -0.2) is 0 Å². The van der Waals surface area contributed by atoms with Crippen molar-refractivity contribution in [3.05, 3.63) is 5.28 Å². The van der Waals surface area contributed by atoms with E-state index in [9.17, 15) is 4.79 Å². The number of ether oxygens (including phenoxy) is 1. The largest absolute Gasteiger partial charge is 0.393 e. The number of aromatic nitrogens is 3. The van der Waals surface area contributed by atoms with E-state index in [-0.39, 0.29) is 17.8 Å². The summed E-state index contributed by atoms with van der Waals surface area (Å²) in [5.74, 6) is 0.394. The van der Waals surface area contributed by atoms with Gasteiger partial charge in [-0.15, -0.1) is 0 Å². The fourth-order valence-electron chi connectivity index (χ4n) is 1.08. The van der Waals surface area contributed by atoms with Crippen LogP contribution < -0.4 is 9.64 Å². The summed E-state index contributed by atoms with van der Waals surface area (Å²) in [5.41, 5.74) is 0. The van der Waals surface area contributed by atoms with Gasteiger partial charge in [0.05, 0.1) is 0 Å². The van der Waals surface area contributed by atoms with Crippen molar-refractivity contribution < 1.29 is 9.53 Å². The molecule has 0 spiro atoms. The quantitative estimate of drug-likeness (QED) is 0.703. The first kappa shape index (κ1) is 12.6. The van der Waals surface area contributed by atoms with E-state index in [1.165, 1.54) is 0 Å². The molecular formula is C9H13ClN4O2. The molecule has 0 fully saturated rings. The van der Waals surface area contributed by atoms with Crippen molar-refractivity contribution in [1.82, 2.24) is 15.0 Å². The molecule has 0 aliphatic rings. The summed E-state index contributed by atoms with van der Waals surface area (Å²) in [6, 6.07) is -0.0895. The molecule has 0 atom stereocenters. The highest BCUT2D eigenvalue weighted by Crippen LogP contribution is 2.14. The van der Waals surface area contributed by atoms with Gasteiger partial charge in [0, 0.05) is 13.6 Å². The molecule has 1 heterocycles. The molecule has 0 unspecified atom stereocenters. The van der Waals surface area contributed by atoms with Crippen LogP contribution in [0.1, 0.15) is 19.8 Å². The van der Waals surface area contributed by atoms with Crippen molar-refractivity contribution in [3.63, 3.8) is 0 Å². The van der Waals surface area contributed by atoms with Crippen LogP contribution in [0.5, 0.6) is 6.01 Å². The average Bonchev–Trinajstić information content (AvgIpc) is 2.25. The van der Waals surface area contributed by atoms with E-state index in [0.717, 1.165) is 19.4 Å². The van der Waals surface area contributed by atoms with Crippen molar-refractivity contribution >= 4 is 24.0 Å². The number of carbonyl (C=O) groups is 1. The highest BCUT2D eigenvalue weighted by Gasteiger charge is 2.09. The Morgan fingerprint density at radius 3 is 2.81 bits per heavy atom. The smallest absolute Gasteiger partial charge is 0.330 e. The third-order valence-electron chi connectivity index (χ3n) is 1.92. The van der Waals surface area contributed by atoms with Gasteiger partial charge in [0.15, 0.2) is 0 Å². The average molecular weight is 245 g/mol. The zero-order valence-corrected chi connectivity index (χ0v) is 9.94. The zero-order valence-electron chi connectivity index (χ0n) is 9.18. The molecule has 0 radical (unpaired) electrons. The number of nitrogens with zero attached hydrogens (tertiary/aromatic N) is 4. The molecule has 1 aromatic rings. The fraction of sp³-hybridized carbons (Fsp3) is 0.556. The Bertz CT molecular complexity index is 361. The summed E-state index contributed by atoms with van der Waals surface area (Å²) >= 11 is 5.68. The van der Waals surface area contributed by atoms with Gasteiger partial charge in [0.2, 0.25) is 11.2 Å². The maximum atomic E-state index is 10.2.